The van der Waals surface area contributed by atoms with Gasteiger partial charge in [-0.15, -0.1) is 11.3 Å². The molecule has 0 aliphatic carbocycles. The summed E-state index contributed by atoms with van der Waals surface area (Å²) < 4.78 is 51.4. The molecule has 1 aromatic carbocycles. The lowest BCUT2D eigenvalue weighted by molar-refractivity contribution is -0.139. The van der Waals surface area contributed by atoms with Crippen LogP contribution < -0.4 is 10.6 Å². The molecule has 0 aliphatic rings. The largest absolute Gasteiger partial charge is 0.419 e. The van der Waals surface area contributed by atoms with Crippen molar-refractivity contribution < 1.29 is 22.4 Å². The molecule has 4 nitrogen and oxygen atoms in total. The van der Waals surface area contributed by atoms with Gasteiger partial charge in [-0.05, 0) is 39.0 Å². The maximum absolute atomic E-state index is 13.3. The maximum Gasteiger partial charge on any atom is 0.419 e. The van der Waals surface area contributed by atoms with Crippen LogP contribution in [0.5, 0.6) is 0 Å². The van der Waals surface area contributed by atoms with Crippen LogP contribution in [-0.4, -0.2) is 16.9 Å². The van der Waals surface area contributed by atoms with Gasteiger partial charge < -0.3 is 10.6 Å². The molecular formula is C15H15F4N3OS. The highest BCUT2D eigenvalue weighted by atomic mass is 32.1. The number of hydrogen-bond donors (Lipinski definition) is 2. The predicted molar refractivity (Wildman–Crippen MR) is 84.7 cm³/mol. The molecule has 0 fully saturated rings. The van der Waals surface area contributed by atoms with E-state index in [2.05, 4.69) is 15.6 Å². The van der Waals surface area contributed by atoms with E-state index in [-0.39, 0.29) is 5.69 Å². The van der Waals surface area contributed by atoms with Gasteiger partial charge in [0.25, 0.3) is 0 Å². The van der Waals surface area contributed by atoms with Gasteiger partial charge in [-0.2, -0.15) is 13.2 Å². The minimum absolute atomic E-state index is 0.00197. The first-order valence-corrected chi connectivity index (χ1v) is 7.77. The number of benzene rings is 1. The second-order valence-corrected chi connectivity index (χ2v) is 6.41. The Morgan fingerprint density at radius 1 is 1.29 bits per heavy atom. The number of thiazole rings is 1. The number of carbonyl (C=O) groups is 1. The van der Waals surface area contributed by atoms with Gasteiger partial charge in [0.05, 0.1) is 11.3 Å². The van der Waals surface area contributed by atoms with Gasteiger partial charge >= 0.3 is 6.18 Å². The summed E-state index contributed by atoms with van der Waals surface area (Å²) in [5.74, 6) is -1.82. The molecule has 1 heterocycles. The summed E-state index contributed by atoms with van der Waals surface area (Å²) in [6.45, 7) is 5.15. The molecular weight excluding hydrogens is 346 g/mol. The number of anilines is 2. The highest BCUT2D eigenvalue weighted by molar-refractivity contribution is 7.15. The number of halogens is 4. The van der Waals surface area contributed by atoms with Crippen LogP contribution in [0.3, 0.4) is 0 Å². The fourth-order valence-electron chi connectivity index (χ4n) is 1.89. The molecule has 24 heavy (non-hydrogen) atoms. The van der Waals surface area contributed by atoms with Gasteiger partial charge in [0, 0.05) is 10.6 Å². The first kappa shape index (κ1) is 18.2. The van der Waals surface area contributed by atoms with Crippen LogP contribution in [-0.2, 0) is 11.0 Å². The number of amides is 1. The summed E-state index contributed by atoms with van der Waals surface area (Å²) in [6.07, 6.45) is -4.80. The number of nitrogens with zero attached hydrogens (tertiary/aromatic N) is 1. The molecule has 2 aromatic rings. The molecule has 0 saturated carbocycles. The lowest BCUT2D eigenvalue weighted by Gasteiger charge is -2.16. The first-order chi connectivity index (χ1) is 11.1. The number of rotatable bonds is 4. The molecule has 0 saturated heterocycles. The predicted octanol–water partition coefficient (Wildman–Crippen LogP) is 4.36. The lowest BCUT2D eigenvalue weighted by atomic mass is 10.1. The zero-order chi connectivity index (χ0) is 18.1. The Hall–Kier alpha value is -2.16. The van der Waals surface area contributed by atoms with Gasteiger partial charge in [-0.25, -0.2) is 9.37 Å². The van der Waals surface area contributed by atoms with Gasteiger partial charge in [-0.3, -0.25) is 4.79 Å². The first-order valence-electron chi connectivity index (χ1n) is 6.96. The maximum atomic E-state index is 13.3. The summed E-state index contributed by atoms with van der Waals surface area (Å²) in [4.78, 5) is 17.2. The van der Waals surface area contributed by atoms with E-state index in [1.54, 1.807) is 6.92 Å². The van der Waals surface area contributed by atoms with E-state index in [1.807, 2.05) is 6.92 Å². The van der Waals surface area contributed by atoms with Crippen molar-refractivity contribution in [2.45, 2.75) is 33.0 Å². The van der Waals surface area contributed by atoms with Crippen LogP contribution in [0.25, 0.3) is 0 Å². The van der Waals surface area contributed by atoms with Crippen LogP contribution in [0.2, 0.25) is 0 Å². The quantitative estimate of drug-likeness (QED) is 0.796. The molecule has 2 rings (SSSR count). The molecule has 130 valence electrons. The van der Waals surface area contributed by atoms with Crippen LogP contribution in [0.4, 0.5) is 28.4 Å². The molecule has 1 aromatic heterocycles. The minimum atomic E-state index is -4.80. The Kier molecular flexibility index (Phi) is 5.12. The molecule has 0 radical (unpaired) electrons. The Morgan fingerprint density at radius 3 is 2.50 bits per heavy atom. The molecule has 0 aliphatic heterocycles. The average molecular weight is 361 g/mol. The third-order valence-electron chi connectivity index (χ3n) is 3.31. The summed E-state index contributed by atoms with van der Waals surface area (Å²) in [6, 6.07) is 1.66. The molecule has 1 atom stereocenters. The number of aromatic nitrogens is 1. The summed E-state index contributed by atoms with van der Waals surface area (Å²) >= 11 is 1.30. The van der Waals surface area contributed by atoms with Crippen LogP contribution in [0.1, 0.15) is 23.1 Å². The minimum Gasteiger partial charge on any atom is -0.374 e. The van der Waals surface area contributed by atoms with E-state index in [0.717, 1.165) is 16.6 Å². The molecule has 0 spiro atoms. The molecule has 0 unspecified atom stereocenters. The topological polar surface area (TPSA) is 54.0 Å². The molecule has 1 amide bonds. The fourth-order valence-corrected chi connectivity index (χ4v) is 2.71. The number of carbonyl (C=O) groups excluding carboxylic acids is 1. The van der Waals surface area contributed by atoms with Crippen molar-refractivity contribution in [2.24, 2.45) is 0 Å². The molecule has 2 N–H and O–H groups in total. The average Bonchev–Trinajstić information content (AvgIpc) is 2.78. The Morgan fingerprint density at radius 2 is 1.96 bits per heavy atom. The van der Waals surface area contributed by atoms with Crippen molar-refractivity contribution in [3.05, 3.63) is 40.2 Å². The third-order valence-corrected chi connectivity index (χ3v) is 4.30. The van der Waals surface area contributed by atoms with Crippen molar-refractivity contribution in [3.8, 4) is 0 Å². The smallest absolute Gasteiger partial charge is 0.374 e. The highest BCUT2D eigenvalue weighted by Gasteiger charge is 2.34. The van der Waals surface area contributed by atoms with Crippen molar-refractivity contribution in [2.75, 3.05) is 10.6 Å². The number of alkyl halides is 3. The second-order valence-electron chi connectivity index (χ2n) is 5.21. The standard InChI is InChI=1S/C15H15F4N3OS/c1-7-9(3)24-14(21-7)22-13(23)8(2)20-10-4-5-12(16)11(6-10)15(17,18)19/h4-6,8,20H,1-3H3,(H,21,22,23)/t8-/m1/s1. The Bertz CT molecular complexity index is 738. The summed E-state index contributed by atoms with van der Waals surface area (Å²) in [7, 11) is 0. The molecule has 0 bridgehead atoms. The van der Waals surface area contributed by atoms with Crippen molar-refractivity contribution in [1.82, 2.24) is 4.98 Å². The van der Waals surface area contributed by atoms with E-state index in [4.69, 9.17) is 0 Å². The number of aryl methyl sites for hydroxylation is 2. The van der Waals surface area contributed by atoms with Gasteiger partial charge in [0.1, 0.15) is 11.9 Å². The van der Waals surface area contributed by atoms with E-state index in [0.29, 0.717) is 17.3 Å². The van der Waals surface area contributed by atoms with Crippen molar-refractivity contribution >= 4 is 28.1 Å². The van der Waals surface area contributed by atoms with Gasteiger partial charge in [-0.1, -0.05) is 0 Å². The normalized spacial score (nSPS) is 12.8. The SMILES string of the molecule is Cc1nc(NC(=O)[C@@H](C)Nc2ccc(F)c(C(F)(F)F)c2)sc1C. The van der Waals surface area contributed by atoms with Crippen molar-refractivity contribution in [3.63, 3.8) is 0 Å². The van der Waals surface area contributed by atoms with Crippen LogP contribution >= 0.6 is 11.3 Å². The van der Waals surface area contributed by atoms with E-state index in [9.17, 15) is 22.4 Å². The van der Waals surface area contributed by atoms with Crippen molar-refractivity contribution in [1.29, 1.82) is 0 Å². The van der Waals surface area contributed by atoms with E-state index >= 15 is 0 Å². The van der Waals surface area contributed by atoms with Gasteiger partial charge in [0.15, 0.2) is 5.13 Å². The molecule has 9 heteroatoms. The Balaban J connectivity index is 2.08. The number of nitrogens with one attached hydrogen (secondary N) is 2. The number of hydrogen-bond acceptors (Lipinski definition) is 4. The van der Waals surface area contributed by atoms with Gasteiger partial charge in [0.2, 0.25) is 5.91 Å². The van der Waals surface area contributed by atoms with Crippen LogP contribution in [0.15, 0.2) is 18.2 Å². The van der Waals surface area contributed by atoms with E-state index < -0.39 is 29.5 Å². The summed E-state index contributed by atoms with van der Waals surface area (Å²) in [5, 5.41) is 5.63. The monoisotopic (exact) mass is 361 g/mol. The van der Waals surface area contributed by atoms with E-state index in [1.165, 1.54) is 18.3 Å². The Labute approximate surface area is 139 Å². The zero-order valence-corrected chi connectivity index (χ0v) is 13.9. The van der Waals surface area contributed by atoms with Crippen LogP contribution in [0, 0.1) is 19.7 Å². The summed E-state index contributed by atoms with van der Waals surface area (Å²) in [5.41, 5.74) is -0.589. The lowest BCUT2D eigenvalue weighted by Crippen LogP contribution is -2.32. The third kappa shape index (κ3) is 4.22. The second kappa shape index (κ2) is 6.76. The zero-order valence-electron chi connectivity index (χ0n) is 13.1. The highest BCUT2D eigenvalue weighted by Crippen LogP contribution is 2.33. The fraction of sp³-hybridized carbons (Fsp3) is 0.333.